The van der Waals surface area contributed by atoms with Gasteiger partial charge in [-0.25, -0.2) is 13.2 Å². The molecular formula is C20H23NO5S. The second-order valence-electron chi connectivity index (χ2n) is 6.50. The van der Waals surface area contributed by atoms with Crippen molar-refractivity contribution in [1.82, 2.24) is 5.32 Å². The Morgan fingerprint density at radius 1 is 1.07 bits per heavy atom. The summed E-state index contributed by atoms with van der Waals surface area (Å²) in [6.07, 6.45) is 0.0535. The number of hydrogen-bond acceptors (Lipinski definition) is 5. The molecule has 2 aromatic carbocycles. The Hall–Kier alpha value is -2.67. The van der Waals surface area contributed by atoms with Crippen molar-refractivity contribution in [3.05, 3.63) is 64.7 Å². The molecule has 1 N–H and O–H groups in total. The van der Waals surface area contributed by atoms with Crippen LogP contribution in [0.5, 0.6) is 0 Å². The van der Waals surface area contributed by atoms with E-state index in [1.165, 1.54) is 25.1 Å². The van der Waals surface area contributed by atoms with Crippen LogP contribution in [0.15, 0.2) is 47.4 Å². The summed E-state index contributed by atoms with van der Waals surface area (Å²) in [7, 11) is -3.45. The summed E-state index contributed by atoms with van der Waals surface area (Å²) in [6, 6.07) is 11.9. The molecule has 2 rings (SSSR count). The normalized spacial score (nSPS) is 12.3. The van der Waals surface area contributed by atoms with Crippen LogP contribution in [0.2, 0.25) is 0 Å². The first-order chi connectivity index (χ1) is 12.6. The molecule has 0 radical (unpaired) electrons. The first-order valence-electron chi connectivity index (χ1n) is 8.43. The van der Waals surface area contributed by atoms with Crippen molar-refractivity contribution in [3.8, 4) is 0 Å². The fourth-order valence-corrected chi connectivity index (χ4v) is 3.02. The molecule has 0 bridgehead atoms. The molecule has 0 aliphatic heterocycles. The van der Waals surface area contributed by atoms with Gasteiger partial charge in [-0.15, -0.1) is 0 Å². The van der Waals surface area contributed by atoms with Crippen LogP contribution in [0.4, 0.5) is 0 Å². The van der Waals surface area contributed by atoms with Crippen molar-refractivity contribution in [3.63, 3.8) is 0 Å². The van der Waals surface area contributed by atoms with Crippen molar-refractivity contribution < 1.29 is 22.7 Å². The number of carbonyl (C=O) groups excluding carboxylic acids is 2. The van der Waals surface area contributed by atoms with Crippen LogP contribution < -0.4 is 5.32 Å². The molecule has 6 nitrogen and oxygen atoms in total. The number of benzene rings is 2. The minimum atomic E-state index is -3.45. The fourth-order valence-electron chi connectivity index (χ4n) is 2.37. The van der Waals surface area contributed by atoms with Gasteiger partial charge in [0.2, 0.25) is 0 Å². The Balaban J connectivity index is 2.02. The minimum absolute atomic E-state index is 0.0246. The highest BCUT2D eigenvalue weighted by molar-refractivity contribution is 7.90. The van der Waals surface area contributed by atoms with E-state index in [0.29, 0.717) is 12.1 Å². The van der Waals surface area contributed by atoms with Gasteiger partial charge in [-0.05, 0) is 44.0 Å². The molecule has 0 aliphatic carbocycles. The number of esters is 1. The number of aryl methyl sites for hydroxylation is 2. The highest BCUT2D eigenvalue weighted by Gasteiger charge is 2.21. The van der Waals surface area contributed by atoms with E-state index in [-0.39, 0.29) is 10.5 Å². The van der Waals surface area contributed by atoms with E-state index in [4.69, 9.17) is 4.74 Å². The van der Waals surface area contributed by atoms with E-state index < -0.39 is 27.8 Å². The molecule has 1 atom stereocenters. The molecular weight excluding hydrogens is 366 g/mol. The molecule has 0 spiro atoms. The van der Waals surface area contributed by atoms with Crippen molar-refractivity contribution in [1.29, 1.82) is 0 Å². The van der Waals surface area contributed by atoms with Gasteiger partial charge in [-0.3, -0.25) is 4.79 Å². The lowest BCUT2D eigenvalue weighted by Crippen LogP contribution is -2.35. The maximum absolute atomic E-state index is 12.4. The van der Waals surface area contributed by atoms with Crippen LogP contribution in [-0.4, -0.2) is 32.7 Å². The van der Waals surface area contributed by atoms with Crippen molar-refractivity contribution in [2.45, 2.75) is 38.3 Å². The average Bonchev–Trinajstić information content (AvgIpc) is 2.60. The van der Waals surface area contributed by atoms with Gasteiger partial charge in [-0.2, -0.15) is 0 Å². The highest BCUT2D eigenvalue weighted by atomic mass is 32.2. The predicted octanol–water partition coefficient (Wildman–Crippen LogP) is 2.57. The number of hydrogen-bond donors (Lipinski definition) is 1. The van der Waals surface area contributed by atoms with Crippen molar-refractivity contribution >= 4 is 21.7 Å². The van der Waals surface area contributed by atoms with E-state index in [1.807, 2.05) is 31.2 Å². The van der Waals surface area contributed by atoms with Gasteiger partial charge in [-0.1, -0.05) is 35.9 Å². The third-order valence-corrected chi connectivity index (χ3v) is 5.21. The van der Waals surface area contributed by atoms with Gasteiger partial charge in [0.1, 0.15) is 0 Å². The topological polar surface area (TPSA) is 89.5 Å². The van der Waals surface area contributed by atoms with E-state index in [0.717, 1.165) is 17.4 Å². The van der Waals surface area contributed by atoms with Crippen molar-refractivity contribution in [2.24, 2.45) is 0 Å². The van der Waals surface area contributed by atoms with E-state index in [9.17, 15) is 18.0 Å². The number of sulfone groups is 1. The van der Waals surface area contributed by atoms with Gasteiger partial charge in [0.25, 0.3) is 5.91 Å². The standard InChI is InChI=1S/C20H23NO5S/c1-13-5-8-16(9-6-13)12-21-19(22)15(3)26-20(23)18-11-17(27(4,24)25)10-7-14(18)2/h5-11,15H,12H2,1-4H3,(H,21,22)/t15-/m1/s1. The lowest BCUT2D eigenvalue weighted by atomic mass is 10.1. The molecule has 0 unspecified atom stereocenters. The molecule has 7 heteroatoms. The SMILES string of the molecule is Cc1ccc(CNC(=O)[C@@H](C)OC(=O)c2cc(S(C)(=O)=O)ccc2C)cc1. The molecule has 0 aliphatic rings. The van der Waals surface area contributed by atoms with Crippen molar-refractivity contribution in [2.75, 3.05) is 6.26 Å². The smallest absolute Gasteiger partial charge is 0.339 e. The molecule has 1 amide bonds. The van der Waals surface area contributed by atoms with Gasteiger partial charge in [0.05, 0.1) is 10.5 Å². The summed E-state index contributed by atoms with van der Waals surface area (Å²) < 4.78 is 28.6. The molecule has 27 heavy (non-hydrogen) atoms. The zero-order valence-corrected chi connectivity index (χ0v) is 16.6. The maximum atomic E-state index is 12.4. The maximum Gasteiger partial charge on any atom is 0.339 e. The molecule has 0 fully saturated rings. The predicted molar refractivity (Wildman–Crippen MR) is 102 cm³/mol. The molecule has 0 heterocycles. The van der Waals surface area contributed by atoms with Crippen LogP contribution in [0.1, 0.15) is 34.0 Å². The third kappa shape index (κ3) is 5.65. The van der Waals surface area contributed by atoms with E-state index in [2.05, 4.69) is 5.32 Å². The van der Waals surface area contributed by atoms with Gasteiger partial charge < -0.3 is 10.1 Å². The summed E-state index contributed by atoms with van der Waals surface area (Å²) in [6.45, 7) is 5.44. The average molecular weight is 389 g/mol. The van der Waals surface area contributed by atoms with Crippen LogP contribution in [-0.2, 0) is 25.9 Å². The molecule has 2 aromatic rings. The Kier molecular flexibility index (Phi) is 6.38. The number of amides is 1. The number of ether oxygens (including phenoxy) is 1. The van der Waals surface area contributed by atoms with Crippen LogP contribution >= 0.6 is 0 Å². The third-order valence-electron chi connectivity index (χ3n) is 4.10. The Labute approximate surface area is 159 Å². The molecule has 0 saturated heterocycles. The van der Waals surface area contributed by atoms with Crippen LogP contribution in [0.3, 0.4) is 0 Å². The van der Waals surface area contributed by atoms with Gasteiger partial charge in [0.15, 0.2) is 15.9 Å². The lowest BCUT2D eigenvalue weighted by molar-refractivity contribution is -0.129. The van der Waals surface area contributed by atoms with Crippen LogP contribution in [0.25, 0.3) is 0 Å². The summed E-state index contributed by atoms with van der Waals surface area (Å²) in [5.74, 6) is -1.17. The molecule has 0 aromatic heterocycles. The van der Waals surface area contributed by atoms with Gasteiger partial charge in [0, 0.05) is 12.8 Å². The summed E-state index contributed by atoms with van der Waals surface area (Å²) >= 11 is 0. The first-order valence-corrected chi connectivity index (χ1v) is 10.3. The first kappa shape index (κ1) is 20.6. The van der Waals surface area contributed by atoms with Crippen LogP contribution in [0, 0.1) is 13.8 Å². The fraction of sp³-hybridized carbons (Fsp3) is 0.300. The Morgan fingerprint density at radius 3 is 2.30 bits per heavy atom. The summed E-state index contributed by atoms with van der Waals surface area (Å²) in [4.78, 5) is 24.6. The second-order valence-corrected chi connectivity index (χ2v) is 8.52. The largest absolute Gasteiger partial charge is 0.449 e. The number of carbonyl (C=O) groups is 2. The van der Waals surface area contributed by atoms with E-state index >= 15 is 0 Å². The zero-order valence-electron chi connectivity index (χ0n) is 15.8. The minimum Gasteiger partial charge on any atom is -0.449 e. The zero-order chi connectivity index (χ0) is 20.2. The monoisotopic (exact) mass is 389 g/mol. The second kappa shape index (κ2) is 8.35. The number of rotatable bonds is 6. The highest BCUT2D eigenvalue weighted by Crippen LogP contribution is 2.17. The molecule has 144 valence electrons. The van der Waals surface area contributed by atoms with E-state index in [1.54, 1.807) is 6.92 Å². The molecule has 0 saturated carbocycles. The summed E-state index contributed by atoms with van der Waals surface area (Å²) in [5, 5.41) is 2.71. The quantitative estimate of drug-likeness (QED) is 0.767. The Bertz CT molecular complexity index is 949. The lowest BCUT2D eigenvalue weighted by Gasteiger charge is -2.15. The van der Waals surface area contributed by atoms with Gasteiger partial charge >= 0.3 is 5.97 Å². The summed E-state index contributed by atoms with van der Waals surface area (Å²) in [5.41, 5.74) is 2.75. The Morgan fingerprint density at radius 2 is 1.70 bits per heavy atom. The number of nitrogens with one attached hydrogen (secondary N) is 1.